The maximum atomic E-state index is 11.5. The van der Waals surface area contributed by atoms with Gasteiger partial charge < -0.3 is 4.74 Å². The van der Waals surface area contributed by atoms with Crippen LogP contribution in [0.15, 0.2) is 30.5 Å². The predicted octanol–water partition coefficient (Wildman–Crippen LogP) is 1.99. The van der Waals surface area contributed by atoms with Crippen LogP contribution in [0, 0.1) is 0 Å². The third-order valence-electron chi connectivity index (χ3n) is 2.20. The van der Waals surface area contributed by atoms with Crippen LogP contribution in [-0.4, -0.2) is 21.9 Å². The van der Waals surface area contributed by atoms with Crippen LogP contribution in [0.25, 0.3) is 10.9 Å². The number of ether oxygens (including phenoxy) is 1. The van der Waals surface area contributed by atoms with Crippen LogP contribution in [-0.2, 0) is 16.1 Å². The molecule has 1 heterocycles. The van der Waals surface area contributed by atoms with Crippen molar-refractivity contribution in [2.75, 3.05) is 0 Å². The maximum Gasteiger partial charge on any atom is 0.328 e. The number of benzene rings is 1. The molecule has 0 unspecified atom stereocenters. The molecule has 16 heavy (non-hydrogen) atoms. The third-order valence-corrected chi connectivity index (χ3v) is 2.20. The Morgan fingerprint density at radius 1 is 1.44 bits per heavy atom. The number of para-hydroxylation sites is 1. The fourth-order valence-electron chi connectivity index (χ4n) is 1.57. The van der Waals surface area contributed by atoms with Crippen molar-refractivity contribution >= 4 is 16.9 Å². The summed E-state index contributed by atoms with van der Waals surface area (Å²) in [5.41, 5.74) is 0.947. The first-order chi connectivity index (χ1) is 7.66. The molecule has 1 aromatic heterocycles. The van der Waals surface area contributed by atoms with E-state index in [-0.39, 0.29) is 18.6 Å². The Kier molecular flexibility index (Phi) is 2.90. The molecule has 0 bridgehead atoms. The van der Waals surface area contributed by atoms with Crippen LogP contribution in [0.1, 0.15) is 13.8 Å². The summed E-state index contributed by atoms with van der Waals surface area (Å²) in [6.07, 6.45) is 1.66. The van der Waals surface area contributed by atoms with E-state index in [9.17, 15) is 4.79 Å². The number of nitrogens with zero attached hydrogens (tertiary/aromatic N) is 2. The number of fused-ring (bicyclic) bond motifs is 1. The fraction of sp³-hybridized carbons (Fsp3) is 0.333. The molecule has 0 saturated carbocycles. The van der Waals surface area contributed by atoms with E-state index < -0.39 is 0 Å². The van der Waals surface area contributed by atoms with Crippen LogP contribution in [0.4, 0.5) is 0 Å². The van der Waals surface area contributed by atoms with E-state index in [1.807, 2.05) is 38.1 Å². The molecular weight excluding hydrogens is 204 g/mol. The largest absolute Gasteiger partial charge is 0.462 e. The van der Waals surface area contributed by atoms with Crippen molar-refractivity contribution in [1.29, 1.82) is 0 Å². The lowest BCUT2D eigenvalue weighted by Gasteiger charge is -2.08. The molecule has 2 aromatic rings. The highest BCUT2D eigenvalue weighted by Gasteiger charge is 2.09. The van der Waals surface area contributed by atoms with E-state index in [1.54, 1.807) is 10.9 Å². The van der Waals surface area contributed by atoms with Gasteiger partial charge in [-0.25, -0.2) is 0 Å². The van der Waals surface area contributed by atoms with Crippen LogP contribution >= 0.6 is 0 Å². The quantitative estimate of drug-likeness (QED) is 0.740. The number of carbonyl (C=O) groups excluding carboxylic acids is 1. The van der Waals surface area contributed by atoms with Crippen LogP contribution in [0.3, 0.4) is 0 Å². The second-order valence-electron chi connectivity index (χ2n) is 3.90. The average Bonchev–Trinajstić information content (AvgIpc) is 2.61. The van der Waals surface area contributed by atoms with Gasteiger partial charge in [-0.1, -0.05) is 18.2 Å². The zero-order valence-corrected chi connectivity index (χ0v) is 9.38. The first-order valence-corrected chi connectivity index (χ1v) is 5.27. The van der Waals surface area contributed by atoms with E-state index in [0.717, 1.165) is 10.9 Å². The molecule has 0 spiro atoms. The molecular formula is C12H14N2O2. The highest BCUT2D eigenvalue weighted by Crippen LogP contribution is 2.12. The molecule has 0 radical (unpaired) electrons. The summed E-state index contributed by atoms with van der Waals surface area (Å²) in [5.74, 6) is -0.260. The highest BCUT2D eigenvalue weighted by molar-refractivity contribution is 5.80. The Morgan fingerprint density at radius 2 is 2.19 bits per heavy atom. The molecule has 4 nitrogen and oxygen atoms in total. The van der Waals surface area contributed by atoms with Crippen molar-refractivity contribution in [2.24, 2.45) is 0 Å². The summed E-state index contributed by atoms with van der Waals surface area (Å²) in [7, 11) is 0. The van der Waals surface area contributed by atoms with Gasteiger partial charge >= 0.3 is 5.97 Å². The topological polar surface area (TPSA) is 44.1 Å². The number of aromatic nitrogens is 2. The molecule has 0 N–H and O–H groups in total. The van der Waals surface area contributed by atoms with Crippen molar-refractivity contribution < 1.29 is 9.53 Å². The number of esters is 1. The lowest BCUT2D eigenvalue weighted by molar-refractivity contribution is -0.148. The molecule has 0 fully saturated rings. The normalized spacial score (nSPS) is 10.9. The Morgan fingerprint density at radius 3 is 2.94 bits per heavy atom. The Bertz CT molecular complexity index is 502. The number of carbonyl (C=O) groups is 1. The van der Waals surface area contributed by atoms with E-state index >= 15 is 0 Å². The molecule has 1 aromatic carbocycles. The lowest BCUT2D eigenvalue weighted by atomic mass is 10.3. The summed E-state index contributed by atoms with van der Waals surface area (Å²) in [5, 5.41) is 5.19. The number of hydrogen-bond donors (Lipinski definition) is 0. The predicted molar refractivity (Wildman–Crippen MR) is 61.0 cm³/mol. The van der Waals surface area contributed by atoms with E-state index in [4.69, 9.17) is 4.74 Å². The van der Waals surface area contributed by atoms with Gasteiger partial charge in [0.1, 0.15) is 6.54 Å². The smallest absolute Gasteiger partial charge is 0.328 e. The van der Waals surface area contributed by atoms with Gasteiger partial charge in [0.15, 0.2) is 0 Å². The van der Waals surface area contributed by atoms with E-state index in [0.29, 0.717) is 0 Å². The van der Waals surface area contributed by atoms with E-state index in [1.165, 1.54) is 0 Å². The Hall–Kier alpha value is -1.84. The molecule has 0 atom stereocenters. The summed E-state index contributed by atoms with van der Waals surface area (Å²) in [6, 6.07) is 7.77. The molecule has 0 aliphatic carbocycles. The monoisotopic (exact) mass is 218 g/mol. The zero-order valence-electron chi connectivity index (χ0n) is 9.38. The third kappa shape index (κ3) is 2.21. The first-order valence-electron chi connectivity index (χ1n) is 5.27. The number of hydrogen-bond acceptors (Lipinski definition) is 3. The molecule has 2 rings (SSSR count). The average molecular weight is 218 g/mol. The Balaban J connectivity index is 2.18. The highest BCUT2D eigenvalue weighted by atomic mass is 16.5. The SMILES string of the molecule is CC(C)OC(=O)Cn1ncc2ccccc21. The van der Waals surface area contributed by atoms with Crippen LogP contribution < -0.4 is 0 Å². The van der Waals surface area contributed by atoms with Gasteiger partial charge in [0, 0.05) is 5.39 Å². The van der Waals surface area contributed by atoms with Crippen LogP contribution in [0.5, 0.6) is 0 Å². The summed E-state index contributed by atoms with van der Waals surface area (Å²) in [6.45, 7) is 3.82. The number of rotatable bonds is 3. The molecule has 0 aliphatic heterocycles. The molecule has 0 aliphatic rings. The first kappa shape index (κ1) is 10.7. The lowest BCUT2D eigenvalue weighted by Crippen LogP contribution is -2.18. The summed E-state index contributed by atoms with van der Waals surface area (Å²) < 4.78 is 6.73. The standard InChI is InChI=1S/C12H14N2O2/c1-9(2)16-12(15)8-14-11-6-4-3-5-10(11)7-13-14/h3-7,9H,8H2,1-2H3. The van der Waals surface area contributed by atoms with Gasteiger partial charge in [-0.05, 0) is 19.9 Å². The minimum Gasteiger partial charge on any atom is -0.462 e. The summed E-state index contributed by atoms with van der Waals surface area (Å²) in [4.78, 5) is 11.5. The van der Waals surface area contributed by atoms with Gasteiger partial charge in [-0.3, -0.25) is 9.48 Å². The zero-order chi connectivity index (χ0) is 11.5. The van der Waals surface area contributed by atoms with Gasteiger partial charge in [-0.15, -0.1) is 0 Å². The van der Waals surface area contributed by atoms with Crippen molar-refractivity contribution in [3.8, 4) is 0 Å². The van der Waals surface area contributed by atoms with Crippen molar-refractivity contribution in [2.45, 2.75) is 26.5 Å². The Labute approximate surface area is 93.8 Å². The fourth-order valence-corrected chi connectivity index (χ4v) is 1.57. The molecule has 4 heteroatoms. The van der Waals surface area contributed by atoms with Crippen molar-refractivity contribution in [3.63, 3.8) is 0 Å². The minimum atomic E-state index is -0.260. The molecule has 0 saturated heterocycles. The maximum absolute atomic E-state index is 11.5. The minimum absolute atomic E-state index is 0.0886. The second kappa shape index (κ2) is 4.35. The van der Waals surface area contributed by atoms with E-state index in [2.05, 4.69) is 5.10 Å². The van der Waals surface area contributed by atoms with Gasteiger partial charge in [-0.2, -0.15) is 5.10 Å². The molecule has 84 valence electrons. The van der Waals surface area contributed by atoms with Gasteiger partial charge in [0.2, 0.25) is 0 Å². The second-order valence-corrected chi connectivity index (χ2v) is 3.90. The van der Waals surface area contributed by atoms with Gasteiger partial charge in [0.05, 0.1) is 17.8 Å². The molecule has 0 amide bonds. The van der Waals surface area contributed by atoms with Crippen molar-refractivity contribution in [1.82, 2.24) is 9.78 Å². The van der Waals surface area contributed by atoms with Gasteiger partial charge in [0.25, 0.3) is 0 Å². The summed E-state index contributed by atoms with van der Waals surface area (Å²) >= 11 is 0. The van der Waals surface area contributed by atoms with Crippen molar-refractivity contribution in [3.05, 3.63) is 30.5 Å². The van der Waals surface area contributed by atoms with Crippen LogP contribution in [0.2, 0.25) is 0 Å².